The molecule has 0 bridgehead atoms. The van der Waals surface area contributed by atoms with Crippen LogP contribution < -0.4 is 4.90 Å². The Hall–Kier alpha value is -2.11. The van der Waals surface area contributed by atoms with Crippen molar-refractivity contribution in [1.82, 2.24) is 4.90 Å². The van der Waals surface area contributed by atoms with Gasteiger partial charge in [0.2, 0.25) is 0 Å². The predicted octanol–water partition coefficient (Wildman–Crippen LogP) is 2.68. The Labute approximate surface area is 124 Å². The van der Waals surface area contributed by atoms with Crippen LogP contribution in [0, 0.1) is 10.1 Å². The standard InChI is InChI=1S/C15H21N3O3/c1-3-16(4-2)15(19)12-7-8-13(14(11-12)18(20)21)17-9-5-6-10-17/h7-8,11H,3-6,9-10H2,1-2H3. The van der Waals surface area contributed by atoms with Crippen LogP contribution in [-0.4, -0.2) is 41.9 Å². The molecule has 1 aromatic rings. The van der Waals surface area contributed by atoms with Crippen molar-refractivity contribution in [3.05, 3.63) is 33.9 Å². The maximum Gasteiger partial charge on any atom is 0.293 e. The summed E-state index contributed by atoms with van der Waals surface area (Å²) in [5.41, 5.74) is 1.02. The van der Waals surface area contributed by atoms with Gasteiger partial charge in [-0.1, -0.05) is 0 Å². The smallest absolute Gasteiger partial charge is 0.293 e. The Bertz CT molecular complexity index is 535. The van der Waals surface area contributed by atoms with Crippen molar-refractivity contribution >= 4 is 17.3 Å². The molecule has 1 aromatic carbocycles. The molecule has 114 valence electrons. The second-order valence-electron chi connectivity index (χ2n) is 5.13. The molecule has 0 N–H and O–H groups in total. The highest BCUT2D eigenvalue weighted by Gasteiger charge is 2.24. The molecule has 1 heterocycles. The molecule has 1 aliphatic heterocycles. The van der Waals surface area contributed by atoms with Crippen LogP contribution in [0.3, 0.4) is 0 Å². The van der Waals surface area contributed by atoms with Gasteiger partial charge < -0.3 is 9.80 Å². The minimum Gasteiger partial charge on any atom is -0.366 e. The lowest BCUT2D eigenvalue weighted by atomic mass is 10.1. The number of nitro groups is 1. The quantitative estimate of drug-likeness (QED) is 0.618. The van der Waals surface area contributed by atoms with E-state index in [0.717, 1.165) is 25.9 Å². The van der Waals surface area contributed by atoms with Gasteiger partial charge in [-0.25, -0.2) is 0 Å². The number of hydrogen-bond donors (Lipinski definition) is 0. The first-order chi connectivity index (χ1) is 10.1. The average molecular weight is 291 g/mol. The monoisotopic (exact) mass is 291 g/mol. The summed E-state index contributed by atoms with van der Waals surface area (Å²) in [5, 5.41) is 11.3. The van der Waals surface area contributed by atoms with Gasteiger partial charge >= 0.3 is 0 Å². The summed E-state index contributed by atoms with van der Waals surface area (Å²) in [6.07, 6.45) is 2.11. The number of amides is 1. The first-order valence-corrected chi connectivity index (χ1v) is 7.41. The van der Waals surface area contributed by atoms with Crippen LogP contribution in [0.5, 0.6) is 0 Å². The molecule has 0 saturated carbocycles. The third-order valence-corrected chi connectivity index (χ3v) is 3.92. The molecule has 1 saturated heterocycles. The van der Waals surface area contributed by atoms with Crippen LogP contribution in [0.25, 0.3) is 0 Å². The second kappa shape index (κ2) is 6.56. The van der Waals surface area contributed by atoms with Gasteiger partial charge in [-0.05, 0) is 38.8 Å². The van der Waals surface area contributed by atoms with Crippen molar-refractivity contribution in [1.29, 1.82) is 0 Å². The number of rotatable bonds is 5. The third-order valence-electron chi connectivity index (χ3n) is 3.92. The largest absolute Gasteiger partial charge is 0.366 e. The molecular weight excluding hydrogens is 270 g/mol. The number of nitro benzene ring substituents is 1. The lowest BCUT2D eigenvalue weighted by Gasteiger charge is -2.20. The van der Waals surface area contributed by atoms with E-state index in [9.17, 15) is 14.9 Å². The Balaban J connectivity index is 2.36. The molecule has 6 nitrogen and oxygen atoms in total. The van der Waals surface area contributed by atoms with Crippen molar-refractivity contribution in [2.24, 2.45) is 0 Å². The summed E-state index contributed by atoms with van der Waals surface area (Å²) in [4.78, 5) is 26.9. The second-order valence-corrected chi connectivity index (χ2v) is 5.13. The molecule has 2 rings (SSSR count). The highest BCUT2D eigenvalue weighted by atomic mass is 16.6. The van der Waals surface area contributed by atoms with Gasteiger partial charge in [0.25, 0.3) is 11.6 Å². The average Bonchev–Trinajstić information content (AvgIpc) is 3.01. The summed E-state index contributed by atoms with van der Waals surface area (Å²) >= 11 is 0. The summed E-state index contributed by atoms with van der Waals surface area (Å²) in [6.45, 7) is 6.66. The SMILES string of the molecule is CCN(CC)C(=O)c1ccc(N2CCCC2)c([N+](=O)[O-])c1. The fourth-order valence-electron chi connectivity index (χ4n) is 2.72. The van der Waals surface area contributed by atoms with Crippen molar-refractivity contribution in [3.8, 4) is 0 Å². The fraction of sp³-hybridized carbons (Fsp3) is 0.533. The van der Waals surface area contributed by atoms with Gasteiger partial charge in [0, 0.05) is 37.8 Å². The normalized spacial score (nSPS) is 14.3. The van der Waals surface area contributed by atoms with Gasteiger partial charge in [-0.15, -0.1) is 0 Å². The molecule has 0 aliphatic carbocycles. The van der Waals surface area contributed by atoms with E-state index >= 15 is 0 Å². The molecule has 6 heteroatoms. The summed E-state index contributed by atoms with van der Waals surface area (Å²) in [6, 6.07) is 4.82. The van der Waals surface area contributed by atoms with E-state index < -0.39 is 4.92 Å². The van der Waals surface area contributed by atoms with Crippen molar-refractivity contribution < 1.29 is 9.72 Å². The highest BCUT2D eigenvalue weighted by molar-refractivity contribution is 5.95. The fourth-order valence-corrected chi connectivity index (χ4v) is 2.72. The lowest BCUT2D eigenvalue weighted by Crippen LogP contribution is -2.30. The zero-order valence-corrected chi connectivity index (χ0v) is 12.5. The van der Waals surface area contributed by atoms with E-state index in [1.807, 2.05) is 18.7 Å². The predicted molar refractivity (Wildman–Crippen MR) is 81.8 cm³/mol. The van der Waals surface area contributed by atoms with E-state index in [2.05, 4.69) is 0 Å². The molecule has 0 spiro atoms. The number of nitrogens with zero attached hydrogens (tertiary/aromatic N) is 3. The van der Waals surface area contributed by atoms with Crippen molar-refractivity contribution in [2.75, 3.05) is 31.1 Å². The molecule has 1 amide bonds. The summed E-state index contributed by atoms with van der Waals surface area (Å²) in [5.74, 6) is -0.156. The van der Waals surface area contributed by atoms with Gasteiger partial charge in [0.05, 0.1) is 4.92 Å². The Kier molecular flexibility index (Phi) is 4.77. The van der Waals surface area contributed by atoms with Crippen molar-refractivity contribution in [2.45, 2.75) is 26.7 Å². The Morgan fingerprint density at radius 2 is 1.90 bits per heavy atom. The van der Waals surface area contributed by atoms with E-state index in [1.54, 1.807) is 17.0 Å². The molecule has 0 atom stereocenters. The Morgan fingerprint density at radius 3 is 2.43 bits per heavy atom. The molecule has 21 heavy (non-hydrogen) atoms. The van der Waals surface area contributed by atoms with Crippen LogP contribution in [0.2, 0.25) is 0 Å². The van der Waals surface area contributed by atoms with Crippen LogP contribution >= 0.6 is 0 Å². The zero-order valence-electron chi connectivity index (χ0n) is 12.5. The van der Waals surface area contributed by atoms with Crippen LogP contribution in [0.1, 0.15) is 37.0 Å². The summed E-state index contributed by atoms with van der Waals surface area (Å²) < 4.78 is 0. The maximum atomic E-state index is 12.3. The van der Waals surface area contributed by atoms with E-state index in [-0.39, 0.29) is 11.6 Å². The van der Waals surface area contributed by atoms with Gasteiger partial charge in [-0.2, -0.15) is 0 Å². The van der Waals surface area contributed by atoms with Gasteiger partial charge in [-0.3, -0.25) is 14.9 Å². The van der Waals surface area contributed by atoms with Gasteiger partial charge in [0.15, 0.2) is 0 Å². The van der Waals surface area contributed by atoms with Gasteiger partial charge in [0.1, 0.15) is 5.69 Å². The molecule has 0 unspecified atom stereocenters. The number of carbonyl (C=O) groups excluding carboxylic acids is 1. The van der Waals surface area contributed by atoms with E-state index in [1.165, 1.54) is 6.07 Å². The minimum absolute atomic E-state index is 0.0231. The first-order valence-electron chi connectivity index (χ1n) is 7.41. The number of anilines is 1. The third kappa shape index (κ3) is 3.15. The molecule has 1 fully saturated rings. The Morgan fingerprint density at radius 1 is 1.29 bits per heavy atom. The highest BCUT2D eigenvalue weighted by Crippen LogP contribution is 2.31. The minimum atomic E-state index is -0.396. The summed E-state index contributed by atoms with van der Waals surface area (Å²) in [7, 11) is 0. The number of carbonyl (C=O) groups is 1. The zero-order chi connectivity index (χ0) is 15.4. The van der Waals surface area contributed by atoms with E-state index in [0.29, 0.717) is 24.3 Å². The maximum absolute atomic E-state index is 12.3. The van der Waals surface area contributed by atoms with Crippen LogP contribution in [-0.2, 0) is 0 Å². The molecule has 1 aliphatic rings. The molecular formula is C15H21N3O3. The number of hydrogen-bond acceptors (Lipinski definition) is 4. The first kappa shape index (κ1) is 15.3. The molecule has 0 radical (unpaired) electrons. The topological polar surface area (TPSA) is 66.7 Å². The van der Waals surface area contributed by atoms with Crippen molar-refractivity contribution in [3.63, 3.8) is 0 Å². The molecule has 0 aromatic heterocycles. The number of benzene rings is 1. The lowest BCUT2D eigenvalue weighted by molar-refractivity contribution is -0.384. The van der Waals surface area contributed by atoms with E-state index in [4.69, 9.17) is 0 Å². The van der Waals surface area contributed by atoms with Crippen LogP contribution in [0.15, 0.2) is 18.2 Å². The van der Waals surface area contributed by atoms with Crippen LogP contribution in [0.4, 0.5) is 11.4 Å².